The summed E-state index contributed by atoms with van der Waals surface area (Å²) in [5.41, 5.74) is 0.00912. The van der Waals surface area contributed by atoms with Gasteiger partial charge in [-0.25, -0.2) is 4.79 Å². The van der Waals surface area contributed by atoms with E-state index in [0.29, 0.717) is 12.8 Å². The Kier molecular flexibility index (Phi) is 4.53. The van der Waals surface area contributed by atoms with Crippen LogP contribution in [0.25, 0.3) is 0 Å². The molecule has 4 N–H and O–H groups in total. The molecule has 1 amide bonds. The largest absolute Gasteiger partial charge is 0.508 e. The average molecular weight is 253 g/mol. The number of carbonyl (C=O) groups excluding carboxylic acids is 1. The zero-order chi connectivity index (χ0) is 13.7. The molecule has 0 radical (unpaired) electrons. The zero-order valence-corrected chi connectivity index (χ0v) is 9.88. The van der Waals surface area contributed by atoms with Crippen molar-refractivity contribution in [3.8, 4) is 11.5 Å². The lowest BCUT2D eigenvalue weighted by Crippen LogP contribution is -2.40. The van der Waals surface area contributed by atoms with Gasteiger partial charge in [-0.3, -0.25) is 4.79 Å². The number of carbonyl (C=O) groups is 2. The monoisotopic (exact) mass is 253 g/mol. The highest BCUT2D eigenvalue weighted by Crippen LogP contribution is 2.20. The Hall–Kier alpha value is -2.24. The fraction of sp³-hybridized carbons (Fsp3) is 0.333. The van der Waals surface area contributed by atoms with Crippen molar-refractivity contribution in [2.45, 2.75) is 25.8 Å². The van der Waals surface area contributed by atoms with Crippen molar-refractivity contribution in [1.29, 1.82) is 0 Å². The van der Waals surface area contributed by atoms with Crippen LogP contribution >= 0.6 is 0 Å². The van der Waals surface area contributed by atoms with Gasteiger partial charge in [0.05, 0.1) is 0 Å². The van der Waals surface area contributed by atoms with Crippen molar-refractivity contribution in [2.75, 3.05) is 0 Å². The Bertz CT molecular complexity index is 438. The fourth-order valence-corrected chi connectivity index (χ4v) is 1.51. The van der Waals surface area contributed by atoms with E-state index in [1.165, 1.54) is 0 Å². The van der Waals surface area contributed by atoms with E-state index < -0.39 is 17.9 Å². The Labute approximate surface area is 104 Å². The molecule has 0 saturated carbocycles. The molecule has 0 unspecified atom stereocenters. The summed E-state index contributed by atoms with van der Waals surface area (Å²) >= 11 is 0. The summed E-state index contributed by atoms with van der Waals surface area (Å²) in [7, 11) is 0. The lowest BCUT2D eigenvalue weighted by molar-refractivity contribution is -0.139. The minimum absolute atomic E-state index is 0.00912. The molecule has 1 aromatic rings. The molecule has 18 heavy (non-hydrogen) atoms. The van der Waals surface area contributed by atoms with Crippen LogP contribution in [0.3, 0.4) is 0 Å². The third-order valence-corrected chi connectivity index (χ3v) is 2.35. The number of carboxylic acid groups (broad SMARTS) is 1. The van der Waals surface area contributed by atoms with Crippen molar-refractivity contribution in [3.05, 3.63) is 23.8 Å². The number of benzene rings is 1. The number of phenols is 2. The van der Waals surface area contributed by atoms with Gasteiger partial charge in [0, 0.05) is 11.6 Å². The van der Waals surface area contributed by atoms with E-state index in [9.17, 15) is 19.8 Å². The highest BCUT2D eigenvalue weighted by molar-refractivity contribution is 5.97. The lowest BCUT2D eigenvalue weighted by atomic mass is 10.1. The van der Waals surface area contributed by atoms with E-state index in [1.807, 2.05) is 6.92 Å². The highest BCUT2D eigenvalue weighted by Gasteiger charge is 2.20. The van der Waals surface area contributed by atoms with Gasteiger partial charge in [-0.15, -0.1) is 0 Å². The molecule has 98 valence electrons. The highest BCUT2D eigenvalue weighted by atomic mass is 16.4. The molecular weight excluding hydrogens is 238 g/mol. The van der Waals surface area contributed by atoms with Crippen LogP contribution in [0.5, 0.6) is 11.5 Å². The van der Waals surface area contributed by atoms with Gasteiger partial charge in [0.1, 0.15) is 17.5 Å². The fourth-order valence-electron chi connectivity index (χ4n) is 1.51. The number of amides is 1. The number of carboxylic acids is 1. The van der Waals surface area contributed by atoms with E-state index in [2.05, 4.69) is 5.32 Å². The second-order valence-corrected chi connectivity index (χ2v) is 3.89. The van der Waals surface area contributed by atoms with Gasteiger partial charge in [0.25, 0.3) is 5.91 Å². The smallest absolute Gasteiger partial charge is 0.326 e. The summed E-state index contributed by atoms with van der Waals surface area (Å²) in [6.07, 6.45) is 0.925. The van der Waals surface area contributed by atoms with E-state index in [0.717, 1.165) is 18.2 Å². The van der Waals surface area contributed by atoms with Gasteiger partial charge in [0.15, 0.2) is 0 Å². The van der Waals surface area contributed by atoms with Gasteiger partial charge in [-0.1, -0.05) is 13.3 Å². The molecule has 0 bridgehead atoms. The van der Waals surface area contributed by atoms with Crippen LogP contribution in [0.15, 0.2) is 18.2 Å². The maximum absolute atomic E-state index is 11.7. The van der Waals surface area contributed by atoms with Crippen LogP contribution < -0.4 is 5.32 Å². The topological polar surface area (TPSA) is 107 Å². The van der Waals surface area contributed by atoms with Gasteiger partial charge < -0.3 is 20.6 Å². The minimum atomic E-state index is -1.12. The Morgan fingerprint density at radius 1 is 1.22 bits per heavy atom. The van der Waals surface area contributed by atoms with Crippen LogP contribution in [-0.2, 0) is 4.79 Å². The van der Waals surface area contributed by atoms with Crippen molar-refractivity contribution in [1.82, 2.24) is 5.32 Å². The summed E-state index contributed by atoms with van der Waals surface area (Å²) in [5.74, 6) is -2.29. The summed E-state index contributed by atoms with van der Waals surface area (Å²) in [6.45, 7) is 1.81. The standard InChI is InChI=1S/C12H15NO5/c1-2-3-10(12(17)18)13-11(16)7-4-8(14)6-9(15)5-7/h4-6,10,14-15H,2-3H2,1H3,(H,13,16)(H,17,18)/t10-/m1/s1. The molecule has 1 aromatic carbocycles. The number of nitrogens with one attached hydrogen (secondary N) is 1. The van der Waals surface area contributed by atoms with Crippen molar-refractivity contribution in [3.63, 3.8) is 0 Å². The second kappa shape index (κ2) is 5.90. The molecule has 0 heterocycles. The zero-order valence-electron chi connectivity index (χ0n) is 9.88. The molecule has 0 aliphatic carbocycles. The molecule has 0 spiro atoms. The van der Waals surface area contributed by atoms with Crippen LogP contribution in [0, 0.1) is 0 Å². The summed E-state index contributed by atoms with van der Waals surface area (Å²) in [6, 6.07) is 2.41. The summed E-state index contributed by atoms with van der Waals surface area (Å²) < 4.78 is 0. The molecule has 0 aromatic heterocycles. The Balaban J connectivity index is 2.83. The van der Waals surface area contributed by atoms with Crippen LogP contribution in [-0.4, -0.2) is 33.2 Å². The number of rotatable bonds is 5. The molecule has 0 fully saturated rings. The summed E-state index contributed by atoms with van der Waals surface area (Å²) in [5, 5.41) is 29.7. The first-order valence-corrected chi connectivity index (χ1v) is 5.50. The maximum Gasteiger partial charge on any atom is 0.326 e. The predicted molar refractivity (Wildman–Crippen MR) is 63.6 cm³/mol. The number of aromatic hydroxyl groups is 2. The third kappa shape index (κ3) is 3.65. The molecule has 1 rings (SSSR count). The van der Waals surface area contributed by atoms with E-state index in [1.54, 1.807) is 0 Å². The van der Waals surface area contributed by atoms with E-state index in [4.69, 9.17) is 5.11 Å². The number of hydrogen-bond donors (Lipinski definition) is 4. The van der Waals surface area contributed by atoms with Gasteiger partial charge in [-0.2, -0.15) is 0 Å². The van der Waals surface area contributed by atoms with Crippen LogP contribution in [0.2, 0.25) is 0 Å². The number of hydrogen-bond acceptors (Lipinski definition) is 4. The maximum atomic E-state index is 11.7. The predicted octanol–water partition coefficient (Wildman–Crippen LogP) is 1.08. The van der Waals surface area contributed by atoms with Crippen molar-refractivity contribution in [2.24, 2.45) is 0 Å². The number of aliphatic carboxylic acids is 1. The normalized spacial score (nSPS) is 11.8. The molecule has 6 heteroatoms. The third-order valence-electron chi connectivity index (χ3n) is 2.35. The van der Waals surface area contributed by atoms with E-state index in [-0.39, 0.29) is 17.1 Å². The molecule has 6 nitrogen and oxygen atoms in total. The van der Waals surface area contributed by atoms with Crippen LogP contribution in [0.1, 0.15) is 30.1 Å². The molecule has 0 aliphatic rings. The average Bonchev–Trinajstić information content (AvgIpc) is 2.26. The van der Waals surface area contributed by atoms with Crippen molar-refractivity contribution >= 4 is 11.9 Å². The summed E-state index contributed by atoms with van der Waals surface area (Å²) in [4.78, 5) is 22.6. The van der Waals surface area contributed by atoms with Gasteiger partial charge in [-0.05, 0) is 18.6 Å². The number of phenolic OH excluding ortho intramolecular Hbond substituents is 2. The van der Waals surface area contributed by atoms with E-state index >= 15 is 0 Å². The molecule has 0 aliphatic heterocycles. The minimum Gasteiger partial charge on any atom is -0.508 e. The molecule has 1 atom stereocenters. The molecule has 0 saturated heterocycles. The quantitative estimate of drug-likeness (QED) is 0.628. The first kappa shape index (κ1) is 13.8. The van der Waals surface area contributed by atoms with Crippen LogP contribution in [0.4, 0.5) is 0 Å². The van der Waals surface area contributed by atoms with Gasteiger partial charge >= 0.3 is 5.97 Å². The first-order chi connectivity index (χ1) is 8.43. The van der Waals surface area contributed by atoms with Crippen molar-refractivity contribution < 1.29 is 24.9 Å². The van der Waals surface area contributed by atoms with Gasteiger partial charge in [0.2, 0.25) is 0 Å². The Morgan fingerprint density at radius 3 is 2.22 bits per heavy atom. The Morgan fingerprint density at radius 2 is 1.78 bits per heavy atom. The molecular formula is C12H15NO5. The first-order valence-electron chi connectivity index (χ1n) is 5.50. The lowest BCUT2D eigenvalue weighted by Gasteiger charge is -2.13. The second-order valence-electron chi connectivity index (χ2n) is 3.89. The SMILES string of the molecule is CCC[C@@H](NC(=O)c1cc(O)cc(O)c1)C(=O)O.